The van der Waals surface area contributed by atoms with Crippen LogP contribution in [0.3, 0.4) is 0 Å². The van der Waals surface area contributed by atoms with Gasteiger partial charge in [-0.05, 0) is 44.4 Å². The molecule has 116 valence electrons. The van der Waals surface area contributed by atoms with Gasteiger partial charge in [-0.2, -0.15) is 0 Å². The summed E-state index contributed by atoms with van der Waals surface area (Å²) in [5.41, 5.74) is 6.56. The molecule has 0 heterocycles. The van der Waals surface area contributed by atoms with Gasteiger partial charge in [-0.25, -0.2) is 0 Å². The first-order chi connectivity index (χ1) is 10.2. The summed E-state index contributed by atoms with van der Waals surface area (Å²) in [5, 5.41) is 0. The Morgan fingerprint density at radius 1 is 1.33 bits per heavy atom. The molecule has 0 saturated heterocycles. The second-order valence-electron chi connectivity index (χ2n) is 5.64. The summed E-state index contributed by atoms with van der Waals surface area (Å²) < 4.78 is 5.33. The van der Waals surface area contributed by atoms with Crippen molar-refractivity contribution >= 4 is 5.91 Å². The predicted octanol–water partition coefficient (Wildman–Crippen LogP) is 2.67. The molecule has 0 bridgehead atoms. The number of amides is 1. The number of methoxy groups -OCH3 is 1. The predicted molar refractivity (Wildman–Crippen MR) is 84.5 cm³/mol. The van der Waals surface area contributed by atoms with Crippen molar-refractivity contribution in [1.29, 1.82) is 0 Å². The Balaban J connectivity index is 2.25. The van der Waals surface area contributed by atoms with Gasteiger partial charge < -0.3 is 15.4 Å². The highest BCUT2D eigenvalue weighted by Crippen LogP contribution is 2.30. The van der Waals surface area contributed by atoms with E-state index >= 15 is 0 Å². The summed E-state index contributed by atoms with van der Waals surface area (Å²) >= 11 is 0. The maximum absolute atomic E-state index is 12.9. The third-order valence-corrected chi connectivity index (χ3v) is 4.51. The van der Waals surface area contributed by atoms with Crippen LogP contribution in [-0.4, -0.2) is 37.0 Å². The van der Waals surface area contributed by atoms with Gasteiger partial charge in [0.05, 0.1) is 12.7 Å². The van der Waals surface area contributed by atoms with E-state index in [4.69, 9.17) is 10.5 Å². The van der Waals surface area contributed by atoms with Crippen molar-refractivity contribution in [2.24, 2.45) is 11.7 Å². The first-order valence-corrected chi connectivity index (χ1v) is 7.87. The molecule has 1 fully saturated rings. The molecule has 1 aliphatic carbocycles. The Labute approximate surface area is 127 Å². The summed E-state index contributed by atoms with van der Waals surface area (Å²) in [7, 11) is 1.60. The SMILES string of the molecule is CCN(C(=O)c1ccccc1OC)C1CCCCC1CN. The van der Waals surface area contributed by atoms with E-state index in [-0.39, 0.29) is 11.9 Å². The fraction of sp³-hybridized carbons (Fsp3) is 0.588. The van der Waals surface area contributed by atoms with Crippen molar-refractivity contribution in [2.75, 3.05) is 20.2 Å². The molecule has 1 amide bonds. The molecule has 4 nitrogen and oxygen atoms in total. The number of hydrogen-bond donors (Lipinski definition) is 1. The zero-order valence-corrected chi connectivity index (χ0v) is 13.0. The number of para-hydroxylation sites is 1. The van der Waals surface area contributed by atoms with Crippen molar-refractivity contribution in [3.8, 4) is 5.75 Å². The van der Waals surface area contributed by atoms with Gasteiger partial charge >= 0.3 is 0 Å². The molecule has 21 heavy (non-hydrogen) atoms. The van der Waals surface area contributed by atoms with E-state index in [0.717, 1.165) is 12.8 Å². The van der Waals surface area contributed by atoms with Gasteiger partial charge in [0.15, 0.2) is 0 Å². The molecular formula is C17H26N2O2. The minimum absolute atomic E-state index is 0.0558. The maximum atomic E-state index is 12.9. The fourth-order valence-electron chi connectivity index (χ4n) is 3.38. The van der Waals surface area contributed by atoms with E-state index in [0.29, 0.717) is 30.3 Å². The largest absolute Gasteiger partial charge is 0.496 e. The standard InChI is InChI=1S/C17H26N2O2/c1-3-19(15-10-6-4-8-13(15)12-18)17(20)14-9-5-7-11-16(14)21-2/h5,7,9,11,13,15H,3-4,6,8,10,12,18H2,1-2H3. The van der Waals surface area contributed by atoms with E-state index in [9.17, 15) is 4.79 Å². The molecule has 1 aromatic rings. The van der Waals surface area contributed by atoms with Gasteiger partial charge in [0, 0.05) is 12.6 Å². The van der Waals surface area contributed by atoms with Crippen molar-refractivity contribution in [2.45, 2.75) is 38.6 Å². The van der Waals surface area contributed by atoms with Crippen LogP contribution in [-0.2, 0) is 0 Å². The molecule has 2 rings (SSSR count). The monoisotopic (exact) mass is 290 g/mol. The summed E-state index contributed by atoms with van der Waals surface area (Å²) in [6.07, 6.45) is 4.57. The Kier molecular flexibility index (Phi) is 5.62. The highest BCUT2D eigenvalue weighted by Gasteiger charge is 2.32. The van der Waals surface area contributed by atoms with Gasteiger partial charge in [0.1, 0.15) is 5.75 Å². The van der Waals surface area contributed by atoms with Crippen LogP contribution < -0.4 is 10.5 Å². The normalized spacial score (nSPS) is 21.9. The molecular weight excluding hydrogens is 264 g/mol. The molecule has 1 aliphatic rings. The average molecular weight is 290 g/mol. The Morgan fingerprint density at radius 2 is 2.05 bits per heavy atom. The number of nitrogens with two attached hydrogens (primary N) is 1. The van der Waals surface area contributed by atoms with Gasteiger partial charge in [0.25, 0.3) is 5.91 Å². The van der Waals surface area contributed by atoms with Gasteiger partial charge in [-0.3, -0.25) is 4.79 Å². The zero-order valence-electron chi connectivity index (χ0n) is 13.0. The Bertz CT molecular complexity index is 476. The molecule has 0 aliphatic heterocycles. The quantitative estimate of drug-likeness (QED) is 0.907. The molecule has 1 saturated carbocycles. The van der Waals surface area contributed by atoms with Crippen LogP contribution in [0.2, 0.25) is 0 Å². The number of carbonyl (C=O) groups is 1. The lowest BCUT2D eigenvalue weighted by Crippen LogP contribution is -2.48. The maximum Gasteiger partial charge on any atom is 0.257 e. The second-order valence-corrected chi connectivity index (χ2v) is 5.64. The van der Waals surface area contributed by atoms with E-state index in [2.05, 4.69) is 0 Å². The van der Waals surface area contributed by atoms with Crippen LogP contribution in [0.5, 0.6) is 5.75 Å². The number of ether oxygens (including phenoxy) is 1. The summed E-state index contributed by atoms with van der Waals surface area (Å²) in [5.74, 6) is 1.11. The third-order valence-electron chi connectivity index (χ3n) is 4.51. The second kappa shape index (κ2) is 7.46. The molecule has 0 radical (unpaired) electrons. The van der Waals surface area contributed by atoms with Crippen LogP contribution >= 0.6 is 0 Å². The zero-order chi connectivity index (χ0) is 15.2. The number of rotatable bonds is 5. The molecule has 4 heteroatoms. The lowest BCUT2D eigenvalue weighted by molar-refractivity contribution is 0.0557. The molecule has 2 atom stereocenters. The number of nitrogens with zero attached hydrogens (tertiary/aromatic N) is 1. The summed E-state index contributed by atoms with van der Waals surface area (Å²) in [6, 6.07) is 7.69. The Morgan fingerprint density at radius 3 is 2.71 bits per heavy atom. The molecule has 0 aromatic heterocycles. The minimum atomic E-state index is 0.0558. The fourth-order valence-corrected chi connectivity index (χ4v) is 3.38. The number of benzene rings is 1. The smallest absolute Gasteiger partial charge is 0.257 e. The highest BCUT2D eigenvalue weighted by atomic mass is 16.5. The lowest BCUT2D eigenvalue weighted by atomic mass is 9.83. The number of hydrogen-bond acceptors (Lipinski definition) is 3. The van der Waals surface area contributed by atoms with Gasteiger partial charge in [0.2, 0.25) is 0 Å². The Hall–Kier alpha value is -1.55. The van der Waals surface area contributed by atoms with Crippen LogP contribution in [0.1, 0.15) is 43.0 Å². The lowest BCUT2D eigenvalue weighted by Gasteiger charge is -2.39. The van der Waals surface area contributed by atoms with E-state index in [1.54, 1.807) is 7.11 Å². The molecule has 0 spiro atoms. The minimum Gasteiger partial charge on any atom is -0.496 e. The van der Waals surface area contributed by atoms with Crippen molar-refractivity contribution in [3.63, 3.8) is 0 Å². The van der Waals surface area contributed by atoms with Crippen molar-refractivity contribution in [3.05, 3.63) is 29.8 Å². The summed E-state index contributed by atoms with van der Waals surface area (Å²) in [4.78, 5) is 14.9. The van der Waals surface area contributed by atoms with Crippen LogP contribution in [0.25, 0.3) is 0 Å². The first-order valence-electron chi connectivity index (χ1n) is 7.87. The van der Waals surface area contributed by atoms with Gasteiger partial charge in [-0.15, -0.1) is 0 Å². The van der Waals surface area contributed by atoms with Crippen LogP contribution in [0.4, 0.5) is 0 Å². The highest BCUT2D eigenvalue weighted by molar-refractivity contribution is 5.97. The molecule has 2 N–H and O–H groups in total. The van der Waals surface area contributed by atoms with Crippen LogP contribution in [0.15, 0.2) is 24.3 Å². The van der Waals surface area contributed by atoms with Crippen molar-refractivity contribution < 1.29 is 9.53 Å². The van der Waals surface area contributed by atoms with E-state index < -0.39 is 0 Å². The topological polar surface area (TPSA) is 55.6 Å². The number of carbonyl (C=O) groups excluding carboxylic acids is 1. The van der Waals surface area contributed by atoms with Crippen LogP contribution in [0, 0.1) is 5.92 Å². The first kappa shape index (κ1) is 15.8. The summed E-state index contributed by atoms with van der Waals surface area (Å²) in [6.45, 7) is 3.40. The van der Waals surface area contributed by atoms with Gasteiger partial charge in [-0.1, -0.05) is 25.0 Å². The molecule has 1 aromatic carbocycles. The molecule has 2 unspecified atom stereocenters. The van der Waals surface area contributed by atoms with E-state index in [1.165, 1.54) is 12.8 Å². The van der Waals surface area contributed by atoms with Crippen molar-refractivity contribution in [1.82, 2.24) is 4.90 Å². The van der Waals surface area contributed by atoms with E-state index in [1.807, 2.05) is 36.1 Å². The average Bonchev–Trinajstić information content (AvgIpc) is 2.55. The third kappa shape index (κ3) is 3.38.